The van der Waals surface area contributed by atoms with Gasteiger partial charge < -0.3 is 19.2 Å². The van der Waals surface area contributed by atoms with Crippen molar-refractivity contribution in [2.75, 3.05) is 26.4 Å². The van der Waals surface area contributed by atoms with Crippen LogP contribution in [-0.4, -0.2) is 69.1 Å². The minimum atomic E-state index is -0.341. The standard InChI is InChI=1S/C35H41B2N2O4P/c1-5-42-31(40)20-41-15-14-23-10-12-24(13-11-23)19-43-25-17-28(36)32(29(37)18-25)34-33-27(26-8-6-7-9-30(26)38-33)16-22(2)39(34)21-35(3,4)44/h6-13,17-18,22,34,38H,5,14-16,19-21,44H2,1-4H3/t22-,34?/m1/s1. The van der Waals surface area contributed by atoms with Crippen molar-refractivity contribution in [2.45, 2.75) is 64.4 Å². The molecule has 1 aromatic heterocycles. The molecule has 1 N–H and O–H groups in total. The van der Waals surface area contributed by atoms with Crippen LogP contribution < -0.4 is 15.7 Å². The van der Waals surface area contributed by atoms with Crippen molar-refractivity contribution in [1.29, 1.82) is 0 Å². The Morgan fingerprint density at radius 2 is 1.75 bits per heavy atom. The Labute approximate surface area is 266 Å². The van der Waals surface area contributed by atoms with Gasteiger partial charge >= 0.3 is 5.97 Å². The number of aromatic amines is 1. The first-order valence-corrected chi connectivity index (χ1v) is 15.9. The summed E-state index contributed by atoms with van der Waals surface area (Å²) in [6.07, 6.45) is 1.66. The number of nitrogens with zero attached hydrogens (tertiary/aromatic N) is 1. The molecule has 0 saturated carbocycles. The summed E-state index contributed by atoms with van der Waals surface area (Å²) in [5, 5.41) is 1.27. The minimum absolute atomic E-state index is 0.00775. The van der Waals surface area contributed by atoms with Crippen LogP contribution >= 0.6 is 9.24 Å². The molecule has 4 aromatic rings. The smallest absolute Gasteiger partial charge is 0.332 e. The number of fused-ring (bicyclic) bond motifs is 3. The quantitative estimate of drug-likeness (QED) is 0.112. The van der Waals surface area contributed by atoms with E-state index >= 15 is 0 Å². The fraction of sp³-hybridized carbons (Fsp3) is 0.400. The number of esters is 1. The maximum Gasteiger partial charge on any atom is 0.332 e. The molecule has 2 unspecified atom stereocenters. The topological polar surface area (TPSA) is 63.8 Å². The number of para-hydroxylation sites is 1. The van der Waals surface area contributed by atoms with Crippen molar-refractivity contribution in [3.05, 3.63) is 88.6 Å². The molecule has 3 atom stereocenters. The number of nitrogens with one attached hydrogen (secondary N) is 1. The zero-order chi connectivity index (χ0) is 31.4. The zero-order valence-electron chi connectivity index (χ0n) is 26.2. The third-order valence-electron chi connectivity index (χ3n) is 8.09. The van der Waals surface area contributed by atoms with E-state index in [4.69, 9.17) is 29.9 Å². The van der Waals surface area contributed by atoms with Gasteiger partial charge in [-0.1, -0.05) is 67.2 Å². The van der Waals surface area contributed by atoms with Crippen molar-refractivity contribution in [1.82, 2.24) is 9.88 Å². The van der Waals surface area contributed by atoms with Crippen molar-refractivity contribution in [2.24, 2.45) is 0 Å². The van der Waals surface area contributed by atoms with Gasteiger partial charge in [0.1, 0.15) is 34.7 Å². The zero-order valence-corrected chi connectivity index (χ0v) is 27.3. The highest BCUT2D eigenvalue weighted by atomic mass is 31.0. The average molecular weight is 606 g/mol. The second-order valence-corrected chi connectivity index (χ2v) is 14.0. The number of ether oxygens (including phenoxy) is 3. The van der Waals surface area contributed by atoms with Gasteiger partial charge in [0.2, 0.25) is 0 Å². The van der Waals surface area contributed by atoms with E-state index in [0.717, 1.165) is 40.9 Å². The average Bonchev–Trinajstić information content (AvgIpc) is 3.33. The van der Waals surface area contributed by atoms with E-state index in [1.165, 1.54) is 10.9 Å². The van der Waals surface area contributed by atoms with E-state index in [0.29, 0.717) is 49.0 Å². The summed E-state index contributed by atoms with van der Waals surface area (Å²) in [5.74, 6) is 0.297. The summed E-state index contributed by atoms with van der Waals surface area (Å²) in [6, 6.07) is 20.6. The second kappa shape index (κ2) is 13.9. The summed E-state index contributed by atoms with van der Waals surface area (Å²) >= 11 is 0. The molecule has 0 bridgehead atoms. The Morgan fingerprint density at radius 3 is 2.43 bits per heavy atom. The van der Waals surface area contributed by atoms with Crippen LogP contribution in [0.15, 0.2) is 60.7 Å². The van der Waals surface area contributed by atoms with Gasteiger partial charge in [-0.05, 0) is 72.3 Å². The molecule has 0 amide bonds. The summed E-state index contributed by atoms with van der Waals surface area (Å²) < 4.78 is 16.5. The summed E-state index contributed by atoms with van der Waals surface area (Å²) in [4.78, 5) is 17.7. The summed E-state index contributed by atoms with van der Waals surface area (Å²) in [5.41, 5.74) is 7.93. The Kier molecular flexibility index (Phi) is 10.2. The molecule has 44 heavy (non-hydrogen) atoms. The number of benzene rings is 3. The van der Waals surface area contributed by atoms with Gasteiger partial charge in [-0.3, -0.25) is 4.90 Å². The van der Waals surface area contributed by atoms with Crippen LogP contribution in [0.2, 0.25) is 0 Å². The molecule has 9 heteroatoms. The molecule has 226 valence electrons. The molecule has 5 rings (SSSR count). The Morgan fingerprint density at radius 1 is 1.07 bits per heavy atom. The molecule has 0 saturated heterocycles. The van der Waals surface area contributed by atoms with Gasteiger partial charge in [0.25, 0.3) is 0 Å². The van der Waals surface area contributed by atoms with E-state index in [2.05, 4.69) is 64.2 Å². The van der Waals surface area contributed by atoms with E-state index in [9.17, 15) is 4.79 Å². The van der Waals surface area contributed by atoms with Crippen LogP contribution in [0, 0.1) is 0 Å². The Hall–Kier alpha value is -3.05. The number of carbonyl (C=O) groups excluding carboxylic acids is 1. The first-order chi connectivity index (χ1) is 21.0. The lowest BCUT2D eigenvalue weighted by molar-refractivity contribution is -0.148. The third kappa shape index (κ3) is 7.59. The highest BCUT2D eigenvalue weighted by molar-refractivity contribution is 7.18. The fourth-order valence-electron chi connectivity index (χ4n) is 6.12. The lowest BCUT2D eigenvalue weighted by Crippen LogP contribution is -2.49. The van der Waals surface area contributed by atoms with Gasteiger partial charge in [0.05, 0.1) is 19.3 Å². The van der Waals surface area contributed by atoms with Crippen molar-refractivity contribution < 1.29 is 19.0 Å². The van der Waals surface area contributed by atoms with E-state index in [-0.39, 0.29) is 23.8 Å². The van der Waals surface area contributed by atoms with Gasteiger partial charge in [-0.25, -0.2) is 4.79 Å². The Bertz CT molecular complexity index is 1580. The molecule has 0 spiro atoms. The van der Waals surface area contributed by atoms with Gasteiger partial charge in [-0.15, -0.1) is 9.24 Å². The highest BCUT2D eigenvalue weighted by Gasteiger charge is 2.38. The lowest BCUT2D eigenvalue weighted by atomic mass is 9.74. The molecule has 2 heterocycles. The van der Waals surface area contributed by atoms with Crippen LogP contribution in [0.4, 0.5) is 0 Å². The Balaban J connectivity index is 1.32. The first kappa shape index (κ1) is 32.3. The molecule has 1 aliphatic rings. The lowest BCUT2D eigenvalue weighted by Gasteiger charge is -2.45. The fourth-order valence-corrected chi connectivity index (χ4v) is 6.33. The molecule has 3 aromatic carbocycles. The van der Waals surface area contributed by atoms with Gasteiger partial charge in [-0.2, -0.15) is 0 Å². The molecular weight excluding hydrogens is 565 g/mol. The maximum atomic E-state index is 11.4. The number of carbonyl (C=O) groups is 1. The highest BCUT2D eigenvalue weighted by Crippen LogP contribution is 2.41. The molecule has 0 aliphatic carbocycles. The number of rotatable bonds is 12. The van der Waals surface area contributed by atoms with Crippen LogP contribution in [0.25, 0.3) is 10.9 Å². The molecule has 4 radical (unpaired) electrons. The van der Waals surface area contributed by atoms with E-state index in [1.807, 2.05) is 36.4 Å². The van der Waals surface area contributed by atoms with Crippen LogP contribution in [0.1, 0.15) is 61.7 Å². The van der Waals surface area contributed by atoms with Crippen molar-refractivity contribution >= 4 is 52.7 Å². The minimum Gasteiger partial charge on any atom is -0.489 e. The van der Waals surface area contributed by atoms with Crippen LogP contribution in [0.5, 0.6) is 5.75 Å². The summed E-state index contributed by atoms with van der Waals surface area (Å²) in [7, 11) is 16.6. The number of hydrogen-bond donors (Lipinski definition) is 1. The van der Waals surface area contributed by atoms with E-state index in [1.54, 1.807) is 6.92 Å². The van der Waals surface area contributed by atoms with E-state index < -0.39 is 0 Å². The van der Waals surface area contributed by atoms with Crippen LogP contribution in [-0.2, 0) is 33.7 Å². The molecule has 6 nitrogen and oxygen atoms in total. The first-order valence-electron chi connectivity index (χ1n) is 15.3. The van der Waals surface area contributed by atoms with Crippen molar-refractivity contribution in [3.8, 4) is 5.75 Å². The number of hydrogen-bond acceptors (Lipinski definition) is 5. The maximum absolute atomic E-state index is 11.4. The number of H-pyrrole nitrogens is 1. The van der Waals surface area contributed by atoms with Crippen molar-refractivity contribution in [3.63, 3.8) is 0 Å². The molecule has 0 fully saturated rings. The SMILES string of the molecule is [B]c1cc(OCc2ccc(CCOCC(=O)OCC)cc2)cc([B])c1C1c2[nH]c3ccccc3c2C[C@@H](C)N1CC(C)(C)P. The predicted molar refractivity (Wildman–Crippen MR) is 183 cm³/mol. The largest absolute Gasteiger partial charge is 0.489 e. The number of aromatic nitrogens is 1. The monoisotopic (exact) mass is 606 g/mol. The van der Waals surface area contributed by atoms with Crippen LogP contribution in [0.3, 0.4) is 0 Å². The predicted octanol–water partition coefficient (Wildman–Crippen LogP) is 4.45. The van der Waals surface area contributed by atoms with Gasteiger partial charge in [0, 0.05) is 29.2 Å². The van der Waals surface area contributed by atoms with Gasteiger partial charge in [0.15, 0.2) is 0 Å². The molecular formula is C35H41B2N2O4P. The molecule has 1 aliphatic heterocycles. The third-order valence-corrected chi connectivity index (χ3v) is 8.27. The normalized spacial score (nSPS) is 17.0. The second-order valence-electron chi connectivity index (χ2n) is 12.4. The summed E-state index contributed by atoms with van der Waals surface area (Å²) in [6.45, 7) is 10.6.